The molecule has 0 unspecified atom stereocenters. The lowest BCUT2D eigenvalue weighted by atomic mass is 10.1. The highest BCUT2D eigenvalue weighted by Gasteiger charge is 2.08. The lowest BCUT2D eigenvalue weighted by molar-refractivity contribution is 0.409. The number of rotatable bonds is 4. The first-order valence-corrected chi connectivity index (χ1v) is 5.28. The van der Waals surface area contributed by atoms with Crippen molar-refractivity contribution in [3.63, 3.8) is 0 Å². The first-order chi connectivity index (χ1) is 8.22. The molecule has 1 aromatic carbocycles. The number of methoxy groups -OCH3 is 1. The molecule has 0 saturated heterocycles. The Bertz CT molecular complexity index is 510. The van der Waals surface area contributed by atoms with Crippen LogP contribution < -0.4 is 10.5 Å². The van der Waals surface area contributed by atoms with E-state index in [0.717, 1.165) is 17.1 Å². The standard InChI is InChI=1S/C12H14FN3O/c1-17-11-3-2-9(13)4-8(11)5-12-15-7-10(6-14)16-12/h2-4,7H,5-6,14H2,1H3,(H,15,16). The van der Waals surface area contributed by atoms with Gasteiger partial charge < -0.3 is 15.5 Å². The van der Waals surface area contributed by atoms with Crippen molar-refractivity contribution >= 4 is 0 Å². The number of hydrogen-bond acceptors (Lipinski definition) is 3. The minimum absolute atomic E-state index is 0.286. The molecule has 0 fully saturated rings. The molecule has 3 N–H and O–H groups in total. The summed E-state index contributed by atoms with van der Waals surface area (Å²) in [5, 5.41) is 0. The number of hydrogen-bond donors (Lipinski definition) is 2. The second kappa shape index (κ2) is 4.97. The monoisotopic (exact) mass is 235 g/mol. The molecule has 0 amide bonds. The average Bonchev–Trinajstić information content (AvgIpc) is 2.77. The average molecular weight is 235 g/mol. The van der Waals surface area contributed by atoms with Crippen LogP contribution in [0, 0.1) is 5.82 Å². The number of nitrogens with two attached hydrogens (primary N) is 1. The van der Waals surface area contributed by atoms with E-state index in [0.29, 0.717) is 18.7 Å². The van der Waals surface area contributed by atoms with Crippen LogP contribution in [0.25, 0.3) is 0 Å². The summed E-state index contributed by atoms with van der Waals surface area (Å²) in [5.41, 5.74) is 7.09. The van der Waals surface area contributed by atoms with Crippen molar-refractivity contribution in [3.05, 3.63) is 47.3 Å². The molecule has 90 valence electrons. The summed E-state index contributed by atoms with van der Waals surface area (Å²) >= 11 is 0. The molecule has 0 spiro atoms. The molecule has 0 radical (unpaired) electrons. The summed E-state index contributed by atoms with van der Waals surface area (Å²) < 4.78 is 18.3. The molecule has 0 bridgehead atoms. The molecule has 0 atom stereocenters. The first kappa shape index (κ1) is 11.6. The van der Waals surface area contributed by atoms with Crippen LogP contribution in [0.5, 0.6) is 5.75 Å². The van der Waals surface area contributed by atoms with E-state index in [1.54, 1.807) is 19.4 Å². The molecule has 2 rings (SSSR count). The molecule has 1 aromatic heterocycles. The number of H-pyrrole nitrogens is 1. The Labute approximate surface area is 98.6 Å². The first-order valence-electron chi connectivity index (χ1n) is 5.28. The number of nitrogens with zero attached hydrogens (tertiary/aromatic N) is 1. The summed E-state index contributed by atoms with van der Waals surface area (Å²) in [4.78, 5) is 7.24. The van der Waals surface area contributed by atoms with Gasteiger partial charge in [-0.3, -0.25) is 0 Å². The summed E-state index contributed by atoms with van der Waals surface area (Å²) in [6.45, 7) is 0.410. The van der Waals surface area contributed by atoms with Crippen LogP contribution in [0.4, 0.5) is 4.39 Å². The smallest absolute Gasteiger partial charge is 0.123 e. The van der Waals surface area contributed by atoms with Gasteiger partial charge in [0.1, 0.15) is 17.4 Å². The van der Waals surface area contributed by atoms with Crippen LogP contribution >= 0.6 is 0 Å². The molecule has 17 heavy (non-hydrogen) atoms. The van der Waals surface area contributed by atoms with E-state index in [-0.39, 0.29) is 5.82 Å². The summed E-state index contributed by atoms with van der Waals surface area (Å²) in [7, 11) is 1.56. The van der Waals surface area contributed by atoms with Crippen molar-refractivity contribution in [2.24, 2.45) is 5.73 Å². The number of imidazole rings is 1. The number of benzene rings is 1. The number of ether oxygens (including phenoxy) is 1. The second-order valence-corrected chi connectivity index (χ2v) is 3.69. The lowest BCUT2D eigenvalue weighted by Gasteiger charge is -2.06. The molecule has 0 aliphatic carbocycles. The Hall–Kier alpha value is -1.88. The molecular formula is C12H14FN3O. The van der Waals surface area contributed by atoms with Crippen LogP contribution in [-0.4, -0.2) is 17.1 Å². The maximum atomic E-state index is 13.2. The maximum Gasteiger partial charge on any atom is 0.123 e. The fourth-order valence-electron chi connectivity index (χ4n) is 1.66. The molecule has 4 nitrogen and oxygen atoms in total. The van der Waals surface area contributed by atoms with E-state index >= 15 is 0 Å². The summed E-state index contributed by atoms with van der Waals surface area (Å²) in [6.07, 6.45) is 2.17. The molecule has 5 heteroatoms. The third-order valence-corrected chi connectivity index (χ3v) is 2.50. The van der Waals surface area contributed by atoms with Gasteiger partial charge in [-0.1, -0.05) is 0 Å². The van der Waals surface area contributed by atoms with E-state index in [1.165, 1.54) is 12.1 Å². The van der Waals surface area contributed by atoms with E-state index in [9.17, 15) is 4.39 Å². The van der Waals surface area contributed by atoms with Crippen LogP contribution in [0.15, 0.2) is 24.4 Å². The fourth-order valence-corrected chi connectivity index (χ4v) is 1.66. The van der Waals surface area contributed by atoms with Crippen LogP contribution in [0.2, 0.25) is 0 Å². The highest BCUT2D eigenvalue weighted by molar-refractivity contribution is 5.36. The largest absolute Gasteiger partial charge is 0.496 e. The quantitative estimate of drug-likeness (QED) is 0.846. The van der Waals surface area contributed by atoms with Gasteiger partial charge >= 0.3 is 0 Å². The second-order valence-electron chi connectivity index (χ2n) is 3.69. The Morgan fingerprint density at radius 3 is 2.94 bits per heavy atom. The van der Waals surface area contributed by atoms with Gasteiger partial charge in [0.05, 0.1) is 7.11 Å². The zero-order valence-electron chi connectivity index (χ0n) is 9.53. The highest BCUT2D eigenvalue weighted by Crippen LogP contribution is 2.21. The topological polar surface area (TPSA) is 63.9 Å². The Morgan fingerprint density at radius 2 is 2.29 bits per heavy atom. The summed E-state index contributed by atoms with van der Waals surface area (Å²) in [6, 6.07) is 4.43. The number of nitrogens with one attached hydrogen (secondary N) is 1. The van der Waals surface area contributed by atoms with Crippen molar-refractivity contribution in [1.29, 1.82) is 0 Å². The normalized spacial score (nSPS) is 10.5. The zero-order valence-corrected chi connectivity index (χ0v) is 9.53. The van der Waals surface area contributed by atoms with Crippen molar-refractivity contribution in [3.8, 4) is 5.75 Å². The molecule has 0 aliphatic heterocycles. The van der Waals surface area contributed by atoms with Gasteiger partial charge in [0.15, 0.2) is 0 Å². The molecule has 1 heterocycles. The van der Waals surface area contributed by atoms with E-state index in [1.807, 2.05) is 0 Å². The van der Waals surface area contributed by atoms with Gasteiger partial charge in [0.2, 0.25) is 0 Å². The lowest BCUT2D eigenvalue weighted by Crippen LogP contribution is -1.98. The Balaban J connectivity index is 2.25. The van der Waals surface area contributed by atoms with Crippen molar-refractivity contribution in [2.45, 2.75) is 13.0 Å². The van der Waals surface area contributed by atoms with Gasteiger partial charge in [0.25, 0.3) is 0 Å². The van der Waals surface area contributed by atoms with Crippen LogP contribution in [-0.2, 0) is 13.0 Å². The minimum atomic E-state index is -0.286. The predicted octanol–water partition coefficient (Wildman–Crippen LogP) is 1.61. The van der Waals surface area contributed by atoms with Crippen molar-refractivity contribution in [1.82, 2.24) is 9.97 Å². The molecule has 0 aliphatic rings. The molecule has 2 aromatic rings. The third kappa shape index (κ3) is 2.62. The minimum Gasteiger partial charge on any atom is -0.496 e. The van der Waals surface area contributed by atoms with Crippen LogP contribution in [0.3, 0.4) is 0 Å². The predicted molar refractivity (Wildman–Crippen MR) is 62.2 cm³/mol. The maximum absolute atomic E-state index is 13.2. The Morgan fingerprint density at radius 1 is 1.47 bits per heavy atom. The van der Waals surface area contributed by atoms with Crippen LogP contribution in [0.1, 0.15) is 17.1 Å². The van der Waals surface area contributed by atoms with Gasteiger partial charge in [0, 0.05) is 30.4 Å². The van der Waals surface area contributed by atoms with Gasteiger partial charge in [-0.2, -0.15) is 0 Å². The summed E-state index contributed by atoms with van der Waals surface area (Å²) in [5.74, 6) is 1.11. The molecular weight excluding hydrogens is 221 g/mol. The number of aromatic nitrogens is 2. The fraction of sp³-hybridized carbons (Fsp3) is 0.250. The zero-order chi connectivity index (χ0) is 12.3. The number of halogens is 1. The highest BCUT2D eigenvalue weighted by atomic mass is 19.1. The van der Waals surface area contributed by atoms with E-state index in [2.05, 4.69) is 9.97 Å². The van der Waals surface area contributed by atoms with Crippen molar-refractivity contribution < 1.29 is 9.13 Å². The van der Waals surface area contributed by atoms with Gasteiger partial charge in [-0.05, 0) is 18.2 Å². The van der Waals surface area contributed by atoms with E-state index < -0.39 is 0 Å². The van der Waals surface area contributed by atoms with Gasteiger partial charge in [-0.15, -0.1) is 0 Å². The molecule has 0 saturated carbocycles. The van der Waals surface area contributed by atoms with Crippen molar-refractivity contribution in [2.75, 3.05) is 7.11 Å². The van der Waals surface area contributed by atoms with Gasteiger partial charge in [-0.25, -0.2) is 9.37 Å². The SMILES string of the molecule is COc1ccc(F)cc1Cc1ncc(CN)[nH]1. The Kier molecular flexibility index (Phi) is 3.39. The third-order valence-electron chi connectivity index (χ3n) is 2.50. The number of aromatic amines is 1. The van der Waals surface area contributed by atoms with E-state index in [4.69, 9.17) is 10.5 Å².